The zero-order chi connectivity index (χ0) is 23.2. The maximum absolute atomic E-state index is 12.6. The molecule has 2 N–H and O–H groups in total. The number of carbonyl (C=O) groups excluding carboxylic acids is 2. The molecule has 0 aromatic heterocycles. The highest BCUT2D eigenvalue weighted by atomic mass is 32.2. The fraction of sp³-hybridized carbons (Fsp3) is 0.111. The Morgan fingerprint density at radius 1 is 0.788 bits per heavy atom. The first-order valence-electron chi connectivity index (χ1n) is 10.5. The number of fused-ring (bicyclic) bond motifs is 1. The van der Waals surface area contributed by atoms with Gasteiger partial charge in [-0.3, -0.25) is 9.59 Å². The molecule has 2 amide bonds. The highest BCUT2D eigenvalue weighted by molar-refractivity contribution is 8.00. The van der Waals surface area contributed by atoms with Crippen molar-refractivity contribution in [2.24, 2.45) is 0 Å². The van der Waals surface area contributed by atoms with Crippen LogP contribution in [-0.4, -0.2) is 24.2 Å². The number of amides is 2. The zero-order valence-corrected chi connectivity index (χ0v) is 19.2. The van der Waals surface area contributed by atoms with Gasteiger partial charge in [-0.05, 0) is 78.4 Å². The molecule has 0 saturated carbocycles. The molecule has 0 spiro atoms. The molecule has 0 bridgehead atoms. The van der Waals surface area contributed by atoms with Crippen molar-refractivity contribution in [2.75, 3.05) is 17.7 Å². The first-order chi connectivity index (χ1) is 16.0. The van der Waals surface area contributed by atoms with Crippen molar-refractivity contribution < 1.29 is 14.3 Å². The first-order valence-corrected chi connectivity index (χ1v) is 11.4. The second-order valence-electron chi connectivity index (χ2n) is 7.52. The number of ether oxygens (including phenoxy) is 1. The van der Waals surface area contributed by atoms with Crippen molar-refractivity contribution in [3.8, 4) is 5.75 Å². The Balaban J connectivity index is 1.34. The molecule has 5 nitrogen and oxygen atoms in total. The summed E-state index contributed by atoms with van der Waals surface area (Å²) in [5.74, 6) is 0.496. The molecule has 0 aliphatic rings. The minimum Gasteiger partial charge on any atom is -0.497 e. The molecule has 0 fully saturated rings. The molecule has 0 aliphatic carbocycles. The van der Waals surface area contributed by atoms with Crippen LogP contribution in [0.5, 0.6) is 5.75 Å². The number of rotatable bonds is 7. The van der Waals surface area contributed by atoms with Crippen LogP contribution in [0.4, 0.5) is 11.4 Å². The molecule has 0 radical (unpaired) electrons. The Kier molecular flexibility index (Phi) is 6.95. The third-order valence-corrected chi connectivity index (χ3v) is 6.28. The van der Waals surface area contributed by atoms with Gasteiger partial charge in [0.15, 0.2) is 0 Å². The SMILES string of the molecule is COc1ccc(NC(=O)C(C)Sc2ccc(NC(=O)c3ccc4ccccc4c3)cc2)cc1. The number of hydrogen-bond donors (Lipinski definition) is 2. The molecule has 1 atom stereocenters. The number of hydrogen-bond acceptors (Lipinski definition) is 4. The molecule has 166 valence electrons. The van der Waals surface area contributed by atoms with Crippen LogP contribution in [0.15, 0.2) is 95.9 Å². The van der Waals surface area contributed by atoms with E-state index in [1.807, 2.05) is 73.7 Å². The van der Waals surface area contributed by atoms with E-state index in [1.54, 1.807) is 31.4 Å². The number of thioether (sulfide) groups is 1. The summed E-state index contributed by atoms with van der Waals surface area (Å²) in [6, 6.07) is 28.3. The average molecular weight is 457 g/mol. The van der Waals surface area contributed by atoms with E-state index < -0.39 is 0 Å². The Morgan fingerprint density at radius 2 is 1.42 bits per heavy atom. The van der Waals surface area contributed by atoms with Gasteiger partial charge in [0.05, 0.1) is 12.4 Å². The van der Waals surface area contributed by atoms with Crippen LogP contribution >= 0.6 is 11.8 Å². The summed E-state index contributed by atoms with van der Waals surface area (Å²) in [6.45, 7) is 1.86. The van der Waals surface area contributed by atoms with Gasteiger partial charge < -0.3 is 15.4 Å². The van der Waals surface area contributed by atoms with Crippen LogP contribution < -0.4 is 15.4 Å². The highest BCUT2D eigenvalue weighted by Crippen LogP contribution is 2.26. The molecule has 1 unspecified atom stereocenters. The van der Waals surface area contributed by atoms with Crippen molar-refractivity contribution in [2.45, 2.75) is 17.1 Å². The lowest BCUT2D eigenvalue weighted by molar-refractivity contribution is -0.115. The third kappa shape index (κ3) is 5.73. The van der Waals surface area contributed by atoms with Crippen LogP contribution in [0.25, 0.3) is 10.8 Å². The average Bonchev–Trinajstić information content (AvgIpc) is 2.85. The minimum atomic E-state index is -0.287. The number of carbonyl (C=O) groups is 2. The fourth-order valence-corrected chi connectivity index (χ4v) is 4.19. The summed E-state index contributed by atoms with van der Waals surface area (Å²) in [7, 11) is 1.60. The van der Waals surface area contributed by atoms with Crippen molar-refractivity contribution in [3.63, 3.8) is 0 Å². The highest BCUT2D eigenvalue weighted by Gasteiger charge is 2.15. The van der Waals surface area contributed by atoms with Gasteiger partial charge in [-0.15, -0.1) is 11.8 Å². The van der Waals surface area contributed by atoms with Crippen LogP contribution in [-0.2, 0) is 4.79 Å². The van der Waals surface area contributed by atoms with Gasteiger partial charge in [0, 0.05) is 21.8 Å². The summed E-state index contributed by atoms with van der Waals surface area (Å²) >= 11 is 1.45. The third-order valence-electron chi connectivity index (χ3n) is 5.16. The molecule has 4 rings (SSSR count). The van der Waals surface area contributed by atoms with E-state index in [-0.39, 0.29) is 17.1 Å². The zero-order valence-electron chi connectivity index (χ0n) is 18.4. The van der Waals surface area contributed by atoms with Crippen LogP contribution in [0.2, 0.25) is 0 Å². The van der Waals surface area contributed by atoms with Crippen LogP contribution in [0.1, 0.15) is 17.3 Å². The van der Waals surface area contributed by atoms with Gasteiger partial charge in [0.25, 0.3) is 5.91 Å². The fourth-order valence-electron chi connectivity index (χ4n) is 3.33. The van der Waals surface area contributed by atoms with E-state index in [2.05, 4.69) is 10.6 Å². The van der Waals surface area contributed by atoms with Gasteiger partial charge in [-0.1, -0.05) is 30.3 Å². The Morgan fingerprint density at radius 3 is 2.12 bits per heavy atom. The Labute approximate surface area is 197 Å². The predicted octanol–water partition coefficient (Wildman–Crippen LogP) is 6.22. The molecule has 4 aromatic carbocycles. The summed E-state index contributed by atoms with van der Waals surface area (Å²) in [5, 5.41) is 7.68. The van der Waals surface area contributed by atoms with Gasteiger partial charge in [-0.2, -0.15) is 0 Å². The summed E-state index contributed by atoms with van der Waals surface area (Å²) in [5.41, 5.74) is 2.03. The molecular formula is C27H24N2O3S. The van der Waals surface area contributed by atoms with Gasteiger partial charge in [0.2, 0.25) is 5.91 Å². The van der Waals surface area contributed by atoms with Gasteiger partial charge in [0.1, 0.15) is 5.75 Å². The number of benzene rings is 4. The minimum absolute atomic E-state index is 0.0844. The molecule has 4 aromatic rings. The summed E-state index contributed by atoms with van der Waals surface area (Å²) in [4.78, 5) is 26.1. The van der Waals surface area contributed by atoms with Gasteiger partial charge >= 0.3 is 0 Å². The topological polar surface area (TPSA) is 67.4 Å². The number of methoxy groups -OCH3 is 1. The standard InChI is InChI=1S/C27H24N2O3S/c1-18(26(30)28-22-9-13-24(32-2)14-10-22)33-25-15-11-23(12-16-25)29-27(31)21-8-7-19-5-3-4-6-20(19)17-21/h3-18H,1-2H3,(H,28,30)(H,29,31). The van der Waals surface area contributed by atoms with E-state index in [9.17, 15) is 9.59 Å². The van der Waals surface area contributed by atoms with Crippen LogP contribution in [0, 0.1) is 0 Å². The van der Waals surface area contributed by atoms with E-state index >= 15 is 0 Å². The molecule has 0 aliphatic heterocycles. The second kappa shape index (κ2) is 10.2. The summed E-state index contributed by atoms with van der Waals surface area (Å²) < 4.78 is 5.13. The summed E-state index contributed by atoms with van der Waals surface area (Å²) in [6.07, 6.45) is 0. The van der Waals surface area contributed by atoms with Crippen molar-refractivity contribution in [3.05, 3.63) is 96.6 Å². The van der Waals surface area contributed by atoms with Crippen molar-refractivity contribution >= 4 is 45.7 Å². The quantitative estimate of drug-likeness (QED) is 0.324. The molecular weight excluding hydrogens is 432 g/mol. The van der Waals surface area contributed by atoms with Crippen LogP contribution in [0.3, 0.4) is 0 Å². The largest absolute Gasteiger partial charge is 0.497 e. The molecule has 0 heterocycles. The Bertz CT molecular complexity index is 1270. The van der Waals surface area contributed by atoms with E-state index in [0.29, 0.717) is 11.3 Å². The maximum Gasteiger partial charge on any atom is 0.255 e. The Hall–Kier alpha value is -3.77. The monoisotopic (exact) mass is 456 g/mol. The lowest BCUT2D eigenvalue weighted by Crippen LogP contribution is -2.22. The first kappa shape index (κ1) is 22.4. The lowest BCUT2D eigenvalue weighted by Gasteiger charge is -2.13. The molecule has 6 heteroatoms. The van der Waals surface area contributed by atoms with E-state index in [0.717, 1.165) is 27.1 Å². The van der Waals surface area contributed by atoms with Crippen molar-refractivity contribution in [1.29, 1.82) is 0 Å². The molecule has 33 heavy (non-hydrogen) atoms. The lowest BCUT2D eigenvalue weighted by atomic mass is 10.1. The van der Waals surface area contributed by atoms with E-state index in [4.69, 9.17) is 4.74 Å². The molecule has 0 saturated heterocycles. The van der Waals surface area contributed by atoms with E-state index in [1.165, 1.54) is 11.8 Å². The smallest absolute Gasteiger partial charge is 0.255 e. The maximum atomic E-state index is 12.6. The number of anilines is 2. The number of nitrogens with one attached hydrogen (secondary N) is 2. The van der Waals surface area contributed by atoms with Gasteiger partial charge in [-0.25, -0.2) is 0 Å². The normalized spacial score (nSPS) is 11.6. The van der Waals surface area contributed by atoms with Crippen molar-refractivity contribution in [1.82, 2.24) is 0 Å². The second-order valence-corrected chi connectivity index (χ2v) is 8.93. The predicted molar refractivity (Wildman–Crippen MR) is 135 cm³/mol.